The maximum absolute atomic E-state index is 13.0. The molecular weight excluding hydrogens is 419 g/mol. The van der Waals surface area contributed by atoms with Gasteiger partial charge in [0.2, 0.25) is 0 Å². The number of halogens is 1. The van der Waals surface area contributed by atoms with Gasteiger partial charge >= 0.3 is 0 Å². The molecular formula is C26H29FN4O2. The first-order valence-corrected chi connectivity index (χ1v) is 11.3. The van der Waals surface area contributed by atoms with Crippen LogP contribution >= 0.6 is 0 Å². The minimum atomic E-state index is -0.313. The molecule has 6 nitrogen and oxygen atoms in total. The summed E-state index contributed by atoms with van der Waals surface area (Å²) in [6, 6.07) is 9.45. The van der Waals surface area contributed by atoms with E-state index in [4.69, 9.17) is 5.10 Å². The molecule has 0 saturated carbocycles. The number of carbonyl (C=O) groups excluding carboxylic acids is 2. The van der Waals surface area contributed by atoms with Crippen LogP contribution in [0, 0.1) is 17.2 Å². The zero-order valence-corrected chi connectivity index (χ0v) is 19.5. The van der Waals surface area contributed by atoms with Gasteiger partial charge in [-0.25, -0.2) is 14.1 Å². The molecule has 2 heterocycles. The van der Waals surface area contributed by atoms with Crippen molar-refractivity contribution in [2.24, 2.45) is 11.3 Å². The van der Waals surface area contributed by atoms with E-state index in [1.807, 2.05) is 0 Å². The van der Waals surface area contributed by atoms with Gasteiger partial charge in [-0.1, -0.05) is 39.8 Å². The highest BCUT2D eigenvalue weighted by molar-refractivity contribution is 6.00. The summed E-state index contributed by atoms with van der Waals surface area (Å²) >= 11 is 0. The number of ketones is 1. The van der Waals surface area contributed by atoms with E-state index in [1.54, 1.807) is 28.9 Å². The number of fused-ring (bicyclic) bond motifs is 1. The molecule has 4 rings (SSSR count). The summed E-state index contributed by atoms with van der Waals surface area (Å²) in [5, 5.41) is 7.60. The Bertz CT molecular complexity index is 1180. The predicted octanol–water partition coefficient (Wildman–Crippen LogP) is 4.69. The van der Waals surface area contributed by atoms with Gasteiger partial charge in [0.05, 0.1) is 22.5 Å². The Labute approximate surface area is 193 Å². The molecule has 1 aromatic carbocycles. The Kier molecular flexibility index (Phi) is 6.15. The molecule has 7 heteroatoms. The Balaban J connectivity index is 1.57. The van der Waals surface area contributed by atoms with E-state index < -0.39 is 0 Å². The fraction of sp³-hybridized carbons (Fsp3) is 0.385. The van der Waals surface area contributed by atoms with Crippen LogP contribution in [-0.4, -0.2) is 26.5 Å². The summed E-state index contributed by atoms with van der Waals surface area (Å²) < 4.78 is 14.8. The van der Waals surface area contributed by atoms with Crippen molar-refractivity contribution in [1.29, 1.82) is 0 Å². The first-order valence-electron chi connectivity index (χ1n) is 11.3. The number of aromatic nitrogens is 3. The molecule has 33 heavy (non-hydrogen) atoms. The Morgan fingerprint density at radius 3 is 2.52 bits per heavy atom. The normalized spacial score (nSPS) is 14.9. The summed E-state index contributed by atoms with van der Waals surface area (Å²) in [4.78, 5) is 30.0. The fourth-order valence-electron chi connectivity index (χ4n) is 4.28. The number of rotatable bonds is 6. The molecule has 0 saturated heterocycles. The first-order chi connectivity index (χ1) is 15.6. The molecule has 1 aliphatic carbocycles. The van der Waals surface area contributed by atoms with Crippen LogP contribution < -0.4 is 5.32 Å². The van der Waals surface area contributed by atoms with Gasteiger partial charge in [0.15, 0.2) is 11.6 Å². The largest absolute Gasteiger partial charge is 0.348 e. The molecule has 1 amide bonds. The van der Waals surface area contributed by atoms with Crippen LogP contribution in [0.2, 0.25) is 0 Å². The van der Waals surface area contributed by atoms with Crippen LogP contribution in [-0.2, 0) is 19.4 Å². The van der Waals surface area contributed by atoms with Crippen LogP contribution in [0.4, 0.5) is 4.39 Å². The third-order valence-corrected chi connectivity index (χ3v) is 5.81. The van der Waals surface area contributed by atoms with Gasteiger partial charge in [0, 0.05) is 19.2 Å². The Morgan fingerprint density at radius 2 is 1.88 bits per heavy atom. The van der Waals surface area contributed by atoms with Crippen molar-refractivity contribution in [2.75, 3.05) is 0 Å². The van der Waals surface area contributed by atoms with E-state index in [1.165, 1.54) is 18.3 Å². The van der Waals surface area contributed by atoms with Gasteiger partial charge in [-0.3, -0.25) is 9.59 Å². The van der Waals surface area contributed by atoms with E-state index in [2.05, 4.69) is 38.0 Å². The standard InChI is InChI=1S/C26H29FN4O2/c1-16(2)11-20-24-21(12-26(3,4)13-22(24)32)31(30-20)23-10-7-18(15-28-23)25(33)29-14-17-5-8-19(27)9-6-17/h5-10,15-16H,11-14H2,1-4H3,(H,29,33). The van der Waals surface area contributed by atoms with E-state index >= 15 is 0 Å². The summed E-state index contributed by atoms with van der Waals surface area (Å²) in [6.07, 6.45) is 3.49. The maximum Gasteiger partial charge on any atom is 0.253 e. The lowest BCUT2D eigenvalue weighted by Gasteiger charge is -2.29. The van der Waals surface area contributed by atoms with Crippen molar-refractivity contribution in [3.8, 4) is 5.82 Å². The molecule has 3 aromatic rings. The zero-order valence-electron chi connectivity index (χ0n) is 19.5. The number of benzene rings is 1. The average Bonchev–Trinajstić information content (AvgIpc) is 3.09. The first kappa shape index (κ1) is 22.8. The average molecular weight is 449 g/mol. The predicted molar refractivity (Wildman–Crippen MR) is 124 cm³/mol. The number of carbonyl (C=O) groups is 2. The fourth-order valence-corrected chi connectivity index (χ4v) is 4.28. The number of Topliss-reactive ketones (excluding diaryl/α,β-unsaturated/α-hetero) is 1. The number of pyridine rings is 1. The number of nitrogens with zero attached hydrogens (tertiary/aromatic N) is 3. The lowest BCUT2D eigenvalue weighted by Crippen LogP contribution is -2.28. The zero-order chi connectivity index (χ0) is 23.8. The molecule has 0 spiro atoms. The SMILES string of the molecule is CC(C)Cc1nn(-c2ccc(C(=O)NCc3ccc(F)cc3)cn2)c2c1C(=O)CC(C)(C)C2. The third kappa shape index (κ3) is 5.02. The van der Waals surface area contributed by atoms with Gasteiger partial charge in [0.1, 0.15) is 5.82 Å². The summed E-state index contributed by atoms with van der Waals surface area (Å²) in [6.45, 7) is 8.70. The smallest absolute Gasteiger partial charge is 0.253 e. The Hall–Kier alpha value is -3.35. The quantitative estimate of drug-likeness (QED) is 0.594. The highest BCUT2D eigenvalue weighted by Gasteiger charge is 2.36. The highest BCUT2D eigenvalue weighted by atomic mass is 19.1. The number of nitrogens with one attached hydrogen (secondary N) is 1. The van der Waals surface area contributed by atoms with Crippen molar-refractivity contribution in [3.05, 3.63) is 76.5 Å². The second-order valence-electron chi connectivity index (χ2n) is 9.93. The second-order valence-corrected chi connectivity index (χ2v) is 9.93. The van der Waals surface area contributed by atoms with Crippen LogP contribution in [0.1, 0.15) is 71.8 Å². The molecule has 2 aromatic heterocycles. The van der Waals surface area contributed by atoms with Crippen molar-refractivity contribution in [1.82, 2.24) is 20.1 Å². The van der Waals surface area contributed by atoms with E-state index in [0.717, 1.165) is 35.4 Å². The van der Waals surface area contributed by atoms with Crippen molar-refractivity contribution < 1.29 is 14.0 Å². The van der Waals surface area contributed by atoms with Crippen molar-refractivity contribution in [3.63, 3.8) is 0 Å². The van der Waals surface area contributed by atoms with Crippen LogP contribution in [0.3, 0.4) is 0 Å². The minimum Gasteiger partial charge on any atom is -0.348 e. The molecule has 0 atom stereocenters. The molecule has 0 radical (unpaired) electrons. The molecule has 0 bridgehead atoms. The van der Waals surface area contributed by atoms with Gasteiger partial charge in [-0.15, -0.1) is 0 Å². The highest BCUT2D eigenvalue weighted by Crippen LogP contribution is 2.37. The van der Waals surface area contributed by atoms with Gasteiger partial charge in [0.25, 0.3) is 5.91 Å². The molecule has 0 unspecified atom stereocenters. The molecule has 1 aliphatic rings. The van der Waals surface area contributed by atoms with Crippen LogP contribution in [0.25, 0.3) is 5.82 Å². The summed E-state index contributed by atoms with van der Waals surface area (Å²) in [5.74, 6) is 0.520. The van der Waals surface area contributed by atoms with Crippen LogP contribution in [0.15, 0.2) is 42.6 Å². The number of amides is 1. The van der Waals surface area contributed by atoms with E-state index in [0.29, 0.717) is 30.3 Å². The summed E-state index contributed by atoms with van der Waals surface area (Å²) in [7, 11) is 0. The molecule has 172 valence electrons. The topological polar surface area (TPSA) is 76.9 Å². The van der Waals surface area contributed by atoms with Crippen molar-refractivity contribution in [2.45, 2.75) is 53.5 Å². The number of hydrogen-bond acceptors (Lipinski definition) is 4. The van der Waals surface area contributed by atoms with E-state index in [-0.39, 0.29) is 22.9 Å². The summed E-state index contributed by atoms with van der Waals surface area (Å²) in [5.41, 5.74) is 3.54. The van der Waals surface area contributed by atoms with E-state index in [9.17, 15) is 14.0 Å². The Morgan fingerprint density at radius 1 is 1.15 bits per heavy atom. The monoisotopic (exact) mass is 448 g/mol. The maximum atomic E-state index is 13.0. The van der Waals surface area contributed by atoms with Gasteiger partial charge in [-0.05, 0) is 54.0 Å². The lowest BCUT2D eigenvalue weighted by molar-refractivity contribution is 0.0908. The van der Waals surface area contributed by atoms with Gasteiger partial charge < -0.3 is 5.32 Å². The second kappa shape index (κ2) is 8.89. The molecule has 1 N–H and O–H groups in total. The van der Waals surface area contributed by atoms with Crippen LogP contribution in [0.5, 0.6) is 0 Å². The third-order valence-electron chi connectivity index (χ3n) is 5.81. The lowest BCUT2D eigenvalue weighted by atomic mass is 9.75. The molecule has 0 aliphatic heterocycles. The number of hydrogen-bond donors (Lipinski definition) is 1. The van der Waals surface area contributed by atoms with Gasteiger partial charge in [-0.2, -0.15) is 5.10 Å². The molecule has 0 fully saturated rings. The minimum absolute atomic E-state index is 0.139. The van der Waals surface area contributed by atoms with Crippen molar-refractivity contribution >= 4 is 11.7 Å².